The Morgan fingerprint density at radius 2 is 1.43 bits per heavy atom. The van der Waals surface area contributed by atoms with Gasteiger partial charge in [-0.25, -0.2) is 0 Å². The van der Waals surface area contributed by atoms with Crippen molar-refractivity contribution >= 4 is 33.5 Å². The van der Waals surface area contributed by atoms with Gasteiger partial charge in [-0.3, -0.25) is 9.59 Å². The first-order valence-electron chi connectivity index (χ1n) is 7.26. The van der Waals surface area contributed by atoms with Gasteiger partial charge >= 0.3 is 5.97 Å². The van der Waals surface area contributed by atoms with Crippen molar-refractivity contribution in [1.82, 2.24) is 0 Å². The minimum absolute atomic E-state index is 0.0449. The Morgan fingerprint density at radius 3 is 1.90 bits per heavy atom. The average Bonchev–Trinajstić information content (AvgIpc) is 2.51. The van der Waals surface area contributed by atoms with Crippen molar-refractivity contribution < 1.29 is 14.7 Å². The molecule has 0 atom stereocenters. The van der Waals surface area contributed by atoms with Crippen LogP contribution in [-0.4, -0.2) is 17.0 Å². The second-order valence-corrected chi connectivity index (χ2v) is 7.24. The summed E-state index contributed by atoms with van der Waals surface area (Å²) in [5.41, 5.74) is -0.151. The standard InChI is InChI=1S/C16H18BrNO3/c17-11-1-3-12(4-2-11)18-13(19)15-5-8-16(9-6-15,10-7-15)14(20)21/h1-4H,5-10H2,(H,18,19)(H,20,21). The Bertz CT molecular complexity index is 557. The highest BCUT2D eigenvalue weighted by atomic mass is 79.9. The molecule has 4 rings (SSSR count). The second kappa shape index (κ2) is 5.13. The smallest absolute Gasteiger partial charge is 0.309 e. The third-order valence-electron chi connectivity index (χ3n) is 5.28. The monoisotopic (exact) mass is 351 g/mol. The van der Waals surface area contributed by atoms with Gasteiger partial charge in [0.15, 0.2) is 0 Å². The van der Waals surface area contributed by atoms with Crippen LogP contribution in [0.4, 0.5) is 5.69 Å². The average molecular weight is 352 g/mol. The molecule has 0 aliphatic heterocycles. The molecule has 112 valence electrons. The molecule has 3 aliphatic rings. The first-order valence-corrected chi connectivity index (χ1v) is 8.06. The fraction of sp³-hybridized carbons (Fsp3) is 0.500. The lowest BCUT2D eigenvalue weighted by atomic mass is 9.53. The molecule has 0 heterocycles. The maximum absolute atomic E-state index is 12.6. The van der Waals surface area contributed by atoms with Crippen molar-refractivity contribution in [3.63, 3.8) is 0 Å². The van der Waals surface area contributed by atoms with Crippen LogP contribution in [0.25, 0.3) is 0 Å². The van der Waals surface area contributed by atoms with Crippen LogP contribution in [0.5, 0.6) is 0 Å². The summed E-state index contributed by atoms with van der Waals surface area (Å²) in [6, 6.07) is 7.52. The molecule has 1 aromatic carbocycles. The number of benzene rings is 1. The van der Waals surface area contributed by atoms with E-state index in [1.54, 1.807) is 0 Å². The number of amides is 1. The molecule has 3 aliphatic carbocycles. The quantitative estimate of drug-likeness (QED) is 0.869. The highest BCUT2D eigenvalue weighted by molar-refractivity contribution is 9.10. The number of carbonyl (C=O) groups is 2. The van der Waals surface area contributed by atoms with Crippen molar-refractivity contribution in [2.45, 2.75) is 38.5 Å². The number of fused-ring (bicyclic) bond motifs is 3. The molecule has 2 N–H and O–H groups in total. The van der Waals surface area contributed by atoms with E-state index in [9.17, 15) is 14.7 Å². The van der Waals surface area contributed by atoms with E-state index in [4.69, 9.17) is 0 Å². The molecule has 4 nitrogen and oxygen atoms in total. The summed E-state index contributed by atoms with van der Waals surface area (Å²) in [4.78, 5) is 24.1. The maximum atomic E-state index is 12.6. The van der Waals surface area contributed by atoms with E-state index in [2.05, 4.69) is 21.2 Å². The zero-order valence-electron chi connectivity index (χ0n) is 11.7. The topological polar surface area (TPSA) is 66.4 Å². The summed E-state index contributed by atoms with van der Waals surface area (Å²) in [6.45, 7) is 0. The van der Waals surface area contributed by atoms with E-state index >= 15 is 0 Å². The van der Waals surface area contributed by atoms with Gasteiger partial charge in [0.05, 0.1) is 5.41 Å². The number of nitrogens with one attached hydrogen (secondary N) is 1. The minimum atomic E-state index is -0.691. The summed E-state index contributed by atoms with van der Waals surface area (Å²) < 4.78 is 0.972. The Balaban J connectivity index is 1.72. The molecular weight excluding hydrogens is 334 g/mol. The lowest BCUT2D eigenvalue weighted by molar-refractivity contribution is -0.162. The van der Waals surface area contributed by atoms with Gasteiger partial charge in [-0.05, 0) is 62.8 Å². The van der Waals surface area contributed by atoms with Gasteiger partial charge in [-0.15, -0.1) is 0 Å². The lowest BCUT2D eigenvalue weighted by Crippen LogP contribution is -2.50. The summed E-state index contributed by atoms with van der Waals surface area (Å²) in [5.74, 6) is -0.646. The van der Waals surface area contributed by atoms with Gasteiger partial charge in [0.25, 0.3) is 0 Å². The first-order chi connectivity index (χ1) is 9.96. The van der Waals surface area contributed by atoms with Crippen molar-refractivity contribution in [2.75, 3.05) is 5.32 Å². The predicted molar refractivity (Wildman–Crippen MR) is 83.0 cm³/mol. The van der Waals surface area contributed by atoms with Crippen LogP contribution in [0, 0.1) is 10.8 Å². The van der Waals surface area contributed by atoms with Gasteiger partial charge in [0, 0.05) is 15.6 Å². The van der Waals surface area contributed by atoms with Crippen molar-refractivity contribution in [3.8, 4) is 0 Å². The number of carbonyl (C=O) groups excluding carboxylic acids is 1. The molecule has 0 saturated heterocycles. The molecule has 0 radical (unpaired) electrons. The third-order valence-corrected chi connectivity index (χ3v) is 5.81. The molecule has 3 saturated carbocycles. The van der Waals surface area contributed by atoms with Crippen LogP contribution in [0.15, 0.2) is 28.7 Å². The number of halogens is 1. The number of hydrogen-bond acceptors (Lipinski definition) is 2. The molecule has 0 unspecified atom stereocenters. The number of carboxylic acid groups (broad SMARTS) is 1. The molecule has 5 heteroatoms. The Hall–Kier alpha value is -1.36. The highest BCUT2D eigenvalue weighted by Crippen LogP contribution is 2.57. The van der Waals surface area contributed by atoms with Crippen molar-refractivity contribution in [1.29, 1.82) is 0 Å². The van der Waals surface area contributed by atoms with Crippen LogP contribution in [0.3, 0.4) is 0 Å². The Kier molecular flexibility index (Phi) is 3.56. The van der Waals surface area contributed by atoms with Crippen LogP contribution >= 0.6 is 15.9 Å². The number of rotatable bonds is 3. The summed E-state index contributed by atoms with van der Waals surface area (Å²) >= 11 is 3.37. The van der Waals surface area contributed by atoms with Gasteiger partial charge in [0.2, 0.25) is 5.91 Å². The van der Waals surface area contributed by atoms with Gasteiger partial charge in [-0.1, -0.05) is 15.9 Å². The van der Waals surface area contributed by atoms with Crippen LogP contribution in [0.2, 0.25) is 0 Å². The molecule has 21 heavy (non-hydrogen) atoms. The molecule has 0 aromatic heterocycles. The lowest BCUT2D eigenvalue weighted by Gasteiger charge is -2.50. The van der Waals surface area contributed by atoms with Gasteiger partial charge < -0.3 is 10.4 Å². The SMILES string of the molecule is O=C(O)C12CCC(C(=O)Nc3ccc(Br)cc3)(CC1)CC2. The van der Waals surface area contributed by atoms with Gasteiger partial charge in [-0.2, -0.15) is 0 Å². The third kappa shape index (κ3) is 2.48. The molecule has 1 amide bonds. The Labute approximate surface area is 132 Å². The normalized spacial score (nSPS) is 30.9. The first kappa shape index (κ1) is 14.6. The molecule has 3 fully saturated rings. The van der Waals surface area contributed by atoms with E-state index in [-0.39, 0.29) is 11.3 Å². The fourth-order valence-corrected chi connectivity index (χ4v) is 3.91. The number of anilines is 1. The summed E-state index contributed by atoms with van der Waals surface area (Å²) in [5, 5.41) is 12.4. The van der Waals surface area contributed by atoms with Crippen molar-refractivity contribution in [2.24, 2.45) is 10.8 Å². The van der Waals surface area contributed by atoms with E-state index in [1.165, 1.54) is 0 Å². The van der Waals surface area contributed by atoms with Gasteiger partial charge in [0.1, 0.15) is 0 Å². The van der Waals surface area contributed by atoms with Crippen LogP contribution < -0.4 is 5.32 Å². The minimum Gasteiger partial charge on any atom is -0.481 e. The van der Waals surface area contributed by atoms with Crippen LogP contribution in [0.1, 0.15) is 38.5 Å². The Morgan fingerprint density at radius 1 is 0.952 bits per heavy atom. The van der Waals surface area contributed by atoms with Crippen molar-refractivity contribution in [3.05, 3.63) is 28.7 Å². The fourth-order valence-electron chi connectivity index (χ4n) is 3.64. The highest BCUT2D eigenvalue weighted by Gasteiger charge is 2.55. The molecule has 0 spiro atoms. The van der Waals surface area contributed by atoms with Crippen LogP contribution in [-0.2, 0) is 9.59 Å². The van der Waals surface area contributed by atoms with E-state index < -0.39 is 11.4 Å². The van der Waals surface area contributed by atoms with E-state index in [0.717, 1.165) is 10.2 Å². The maximum Gasteiger partial charge on any atom is 0.309 e. The number of aliphatic carboxylic acids is 1. The number of hydrogen-bond donors (Lipinski definition) is 2. The predicted octanol–water partition coefficient (Wildman–Crippen LogP) is 3.81. The van der Waals surface area contributed by atoms with E-state index in [1.807, 2.05) is 24.3 Å². The zero-order valence-corrected chi connectivity index (χ0v) is 13.3. The summed E-state index contributed by atoms with van der Waals surface area (Å²) in [6.07, 6.45) is 3.91. The largest absolute Gasteiger partial charge is 0.481 e. The number of carboxylic acids is 1. The van der Waals surface area contributed by atoms with E-state index in [0.29, 0.717) is 38.5 Å². The molecule has 1 aromatic rings. The molecular formula is C16H18BrNO3. The summed E-state index contributed by atoms with van der Waals surface area (Å²) in [7, 11) is 0. The second-order valence-electron chi connectivity index (χ2n) is 6.33. The zero-order chi connectivity index (χ0) is 15.1. The molecule has 2 bridgehead atoms.